The smallest absolute Gasteiger partial charge is 0.252 e. The number of aromatic nitrogens is 4. The first-order chi connectivity index (χ1) is 13.7. The molecule has 0 fully saturated rings. The number of nitrogens with zero attached hydrogens (tertiary/aromatic N) is 2. The Labute approximate surface area is 160 Å². The van der Waals surface area contributed by atoms with E-state index in [2.05, 4.69) is 31.0 Å². The lowest BCUT2D eigenvalue weighted by molar-refractivity contribution is -0.126. The van der Waals surface area contributed by atoms with Crippen LogP contribution in [0.4, 0.5) is 5.82 Å². The Morgan fingerprint density at radius 2 is 1.75 bits per heavy atom. The van der Waals surface area contributed by atoms with Gasteiger partial charge in [-0.15, -0.1) is 0 Å². The summed E-state index contributed by atoms with van der Waals surface area (Å²) in [6.45, 7) is 0. The molecule has 28 heavy (non-hydrogen) atoms. The van der Waals surface area contributed by atoms with Gasteiger partial charge in [0.05, 0.1) is 23.8 Å². The lowest BCUT2D eigenvalue weighted by Crippen LogP contribution is -2.37. The zero-order chi connectivity index (χ0) is 19.3. The number of anilines is 1. The number of aromatic amines is 2. The molecule has 2 aromatic heterocycles. The molecular formula is C20H18N6O2. The van der Waals surface area contributed by atoms with Gasteiger partial charge in [0.2, 0.25) is 5.91 Å². The maximum absolute atomic E-state index is 12.8. The van der Waals surface area contributed by atoms with Gasteiger partial charge < -0.3 is 10.6 Å². The fourth-order valence-corrected chi connectivity index (χ4v) is 3.00. The van der Waals surface area contributed by atoms with Crippen LogP contribution in [0.25, 0.3) is 10.9 Å². The first-order valence-corrected chi connectivity index (χ1v) is 8.77. The Hall–Kier alpha value is -3.94. The highest BCUT2D eigenvalue weighted by Crippen LogP contribution is 2.18. The van der Waals surface area contributed by atoms with Crippen molar-refractivity contribution in [3.63, 3.8) is 0 Å². The van der Waals surface area contributed by atoms with Crippen molar-refractivity contribution in [3.8, 4) is 0 Å². The Bertz CT molecular complexity index is 1090. The zero-order valence-electron chi connectivity index (χ0n) is 14.8. The average Bonchev–Trinajstić information content (AvgIpc) is 3.37. The second kappa shape index (κ2) is 7.75. The molecule has 2 heterocycles. The van der Waals surface area contributed by atoms with Crippen LogP contribution >= 0.6 is 0 Å². The molecule has 0 radical (unpaired) electrons. The van der Waals surface area contributed by atoms with E-state index in [0.717, 1.165) is 10.9 Å². The van der Waals surface area contributed by atoms with Gasteiger partial charge in [-0.05, 0) is 11.6 Å². The first-order valence-electron chi connectivity index (χ1n) is 8.77. The molecule has 0 saturated carbocycles. The molecule has 8 nitrogen and oxygen atoms in total. The number of fused-ring (bicyclic) bond motifs is 1. The number of carbonyl (C=O) groups excluding carboxylic acids is 2. The van der Waals surface area contributed by atoms with Crippen molar-refractivity contribution in [2.24, 2.45) is 0 Å². The van der Waals surface area contributed by atoms with Gasteiger partial charge in [0.25, 0.3) is 5.91 Å². The van der Waals surface area contributed by atoms with E-state index in [1.54, 1.807) is 18.2 Å². The molecule has 0 spiro atoms. The first kappa shape index (κ1) is 17.5. The van der Waals surface area contributed by atoms with E-state index in [9.17, 15) is 9.59 Å². The number of para-hydroxylation sites is 1. The van der Waals surface area contributed by atoms with Crippen LogP contribution in [0.3, 0.4) is 0 Å². The summed E-state index contributed by atoms with van der Waals surface area (Å²) in [5, 5.41) is 20.0. The number of benzene rings is 2. The molecule has 140 valence electrons. The minimum Gasteiger partial charge on any atom is -0.340 e. The lowest BCUT2D eigenvalue weighted by atomic mass is 10.1. The summed E-state index contributed by atoms with van der Waals surface area (Å²) in [6, 6.07) is 17.4. The van der Waals surface area contributed by atoms with E-state index in [1.165, 1.54) is 6.20 Å². The maximum Gasteiger partial charge on any atom is 0.252 e. The fraction of sp³-hybridized carbons (Fsp3) is 0.100. The Balaban J connectivity index is 1.53. The lowest BCUT2D eigenvalue weighted by Gasteiger charge is -2.18. The Morgan fingerprint density at radius 3 is 2.54 bits per heavy atom. The minimum absolute atomic E-state index is 0.0845. The second-order valence-electron chi connectivity index (χ2n) is 6.27. The predicted molar refractivity (Wildman–Crippen MR) is 104 cm³/mol. The van der Waals surface area contributed by atoms with Crippen molar-refractivity contribution in [2.45, 2.75) is 12.5 Å². The van der Waals surface area contributed by atoms with Crippen LogP contribution < -0.4 is 10.6 Å². The van der Waals surface area contributed by atoms with Gasteiger partial charge in [-0.3, -0.25) is 19.8 Å². The van der Waals surface area contributed by atoms with Gasteiger partial charge in [-0.25, -0.2) is 0 Å². The quantitative estimate of drug-likeness (QED) is 0.414. The SMILES string of the molecule is O=C(Cc1[nH]nc2ccccc12)NC(C(=O)Nc1ccn[nH]1)c1ccccc1. The number of hydrogen-bond acceptors (Lipinski definition) is 4. The van der Waals surface area contributed by atoms with Crippen molar-refractivity contribution < 1.29 is 9.59 Å². The van der Waals surface area contributed by atoms with Crippen LogP contribution in [0.15, 0.2) is 66.9 Å². The van der Waals surface area contributed by atoms with E-state index in [1.807, 2.05) is 42.5 Å². The topological polar surface area (TPSA) is 116 Å². The summed E-state index contributed by atoms with van der Waals surface area (Å²) in [5.74, 6) is -0.193. The largest absolute Gasteiger partial charge is 0.340 e. The van der Waals surface area contributed by atoms with Gasteiger partial charge in [0.15, 0.2) is 0 Å². The van der Waals surface area contributed by atoms with E-state index in [0.29, 0.717) is 17.1 Å². The van der Waals surface area contributed by atoms with Gasteiger partial charge in [0, 0.05) is 11.5 Å². The third-order valence-corrected chi connectivity index (χ3v) is 4.34. The van der Waals surface area contributed by atoms with Crippen molar-refractivity contribution in [1.29, 1.82) is 0 Å². The van der Waals surface area contributed by atoms with Crippen LogP contribution in [0.5, 0.6) is 0 Å². The average molecular weight is 374 g/mol. The van der Waals surface area contributed by atoms with Gasteiger partial charge >= 0.3 is 0 Å². The van der Waals surface area contributed by atoms with E-state index in [-0.39, 0.29) is 18.2 Å². The third-order valence-electron chi connectivity index (χ3n) is 4.34. The van der Waals surface area contributed by atoms with Gasteiger partial charge in [-0.1, -0.05) is 48.5 Å². The van der Waals surface area contributed by atoms with Crippen LogP contribution in [0.2, 0.25) is 0 Å². The molecule has 2 aromatic carbocycles. The maximum atomic E-state index is 12.8. The highest BCUT2D eigenvalue weighted by Gasteiger charge is 2.23. The van der Waals surface area contributed by atoms with E-state index in [4.69, 9.17) is 0 Å². The summed E-state index contributed by atoms with van der Waals surface area (Å²) in [5.41, 5.74) is 2.18. The number of H-pyrrole nitrogens is 2. The fourth-order valence-electron chi connectivity index (χ4n) is 3.00. The second-order valence-corrected chi connectivity index (χ2v) is 6.27. The van der Waals surface area contributed by atoms with Crippen molar-refractivity contribution >= 4 is 28.5 Å². The molecule has 0 aliphatic heterocycles. The molecule has 4 rings (SSSR count). The molecule has 1 atom stereocenters. The monoisotopic (exact) mass is 374 g/mol. The molecular weight excluding hydrogens is 356 g/mol. The van der Waals surface area contributed by atoms with Crippen LogP contribution in [0, 0.1) is 0 Å². The number of nitrogens with one attached hydrogen (secondary N) is 4. The molecule has 0 aliphatic carbocycles. The summed E-state index contributed by atoms with van der Waals surface area (Å²) < 4.78 is 0. The molecule has 0 saturated heterocycles. The molecule has 2 amide bonds. The predicted octanol–water partition coefficient (Wildman–Crippen LogP) is 2.32. The van der Waals surface area contributed by atoms with Crippen molar-refractivity contribution in [1.82, 2.24) is 25.7 Å². The number of rotatable bonds is 6. The van der Waals surface area contributed by atoms with Crippen LogP contribution in [0.1, 0.15) is 17.3 Å². The third kappa shape index (κ3) is 3.75. The highest BCUT2D eigenvalue weighted by molar-refractivity contribution is 5.98. The normalized spacial score (nSPS) is 11.9. The number of amides is 2. The van der Waals surface area contributed by atoms with E-state index < -0.39 is 6.04 Å². The van der Waals surface area contributed by atoms with Gasteiger partial charge in [0.1, 0.15) is 11.9 Å². The molecule has 4 aromatic rings. The number of hydrogen-bond donors (Lipinski definition) is 4. The summed E-state index contributed by atoms with van der Waals surface area (Å²) >= 11 is 0. The number of carbonyl (C=O) groups is 2. The standard InChI is InChI=1S/C20H18N6O2/c27-18(12-16-14-8-4-5-9-15(14)24-25-16)23-19(13-6-2-1-3-7-13)20(28)22-17-10-11-21-26-17/h1-11,19H,12H2,(H,23,27)(H,24,25)(H2,21,22,26,28). The zero-order valence-corrected chi connectivity index (χ0v) is 14.8. The van der Waals surface area contributed by atoms with Crippen LogP contribution in [-0.4, -0.2) is 32.2 Å². The molecule has 0 bridgehead atoms. The van der Waals surface area contributed by atoms with Crippen LogP contribution in [-0.2, 0) is 16.0 Å². The Morgan fingerprint density at radius 1 is 0.964 bits per heavy atom. The van der Waals surface area contributed by atoms with Gasteiger partial charge in [-0.2, -0.15) is 10.2 Å². The molecule has 8 heteroatoms. The highest BCUT2D eigenvalue weighted by atomic mass is 16.2. The Kier molecular flexibility index (Phi) is 4.83. The summed E-state index contributed by atoms with van der Waals surface area (Å²) in [7, 11) is 0. The van der Waals surface area contributed by atoms with Crippen molar-refractivity contribution in [3.05, 3.63) is 78.1 Å². The van der Waals surface area contributed by atoms with Crippen molar-refractivity contribution in [2.75, 3.05) is 5.32 Å². The molecule has 1 unspecified atom stereocenters. The molecule has 4 N–H and O–H groups in total. The minimum atomic E-state index is -0.841. The summed E-state index contributed by atoms with van der Waals surface area (Å²) in [6.07, 6.45) is 1.62. The van der Waals surface area contributed by atoms with E-state index >= 15 is 0 Å². The molecule has 0 aliphatic rings. The summed E-state index contributed by atoms with van der Waals surface area (Å²) in [4.78, 5) is 25.5.